The first-order valence-corrected chi connectivity index (χ1v) is 20.3. The SMILES string of the molecule is CC1(C)c2ccccc2-c2cc3c4cc(-c5ccc6c7ccccc7c7ccccc7c6c5)ccc4n(-c4cc(-c5ccccc5)cc(-c5ccccc5)c4)c3cc21. The van der Waals surface area contributed by atoms with Crippen molar-refractivity contribution < 1.29 is 0 Å². The van der Waals surface area contributed by atoms with Crippen LogP contribution in [0.1, 0.15) is 25.0 Å². The van der Waals surface area contributed by atoms with Gasteiger partial charge in [0.2, 0.25) is 0 Å². The number of fused-ring (bicyclic) bond motifs is 12. The van der Waals surface area contributed by atoms with Crippen molar-refractivity contribution in [3.63, 3.8) is 0 Å². The lowest BCUT2D eigenvalue weighted by molar-refractivity contribution is 0.661. The van der Waals surface area contributed by atoms with E-state index in [1.165, 1.54) is 110 Å². The highest BCUT2D eigenvalue weighted by Gasteiger charge is 2.36. The van der Waals surface area contributed by atoms with Crippen LogP contribution >= 0.6 is 0 Å². The first-order chi connectivity index (χ1) is 28.5. The topological polar surface area (TPSA) is 4.93 Å². The van der Waals surface area contributed by atoms with Crippen LogP contribution in [0.4, 0.5) is 0 Å². The Kier molecular flexibility index (Phi) is 7.04. The quantitative estimate of drug-likeness (QED) is 0.159. The zero-order chi connectivity index (χ0) is 38.5. The Hall–Kier alpha value is -7.22. The molecule has 10 aromatic carbocycles. The Labute approximate surface area is 338 Å². The predicted molar refractivity (Wildman–Crippen MR) is 247 cm³/mol. The van der Waals surface area contributed by atoms with Gasteiger partial charge in [0.15, 0.2) is 0 Å². The molecule has 1 aromatic heterocycles. The third-order valence-corrected chi connectivity index (χ3v) is 12.9. The average molecular weight is 738 g/mol. The standard InChI is InChI=1S/C57H39N/c1-57(2)53-24-14-13-23-48(53)50-34-52-51-33-39(38-25-27-47-45-21-10-9-19-43(45)44-20-11-12-22-46(44)49(47)32-38)26-28-55(51)58(56(52)35-54(50)57)42-30-40(36-15-5-3-6-16-36)29-41(31-42)37-17-7-4-8-18-37/h3-35H,1-2H3. The van der Waals surface area contributed by atoms with Gasteiger partial charge in [-0.2, -0.15) is 0 Å². The van der Waals surface area contributed by atoms with E-state index in [2.05, 4.69) is 219 Å². The molecule has 0 aliphatic heterocycles. The fourth-order valence-corrected chi connectivity index (χ4v) is 10.1. The summed E-state index contributed by atoms with van der Waals surface area (Å²) in [7, 11) is 0. The van der Waals surface area contributed by atoms with Crippen molar-refractivity contribution in [2.45, 2.75) is 19.3 Å². The summed E-state index contributed by atoms with van der Waals surface area (Å²) in [6.45, 7) is 4.76. The van der Waals surface area contributed by atoms with Crippen LogP contribution in [0.15, 0.2) is 200 Å². The maximum Gasteiger partial charge on any atom is 0.0544 e. The summed E-state index contributed by atoms with van der Waals surface area (Å²) < 4.78 is 2.52. The minimum absolute atomic E-state index is 0.119. The minimum Gasteiger partial charge on any atom is -0.309 e. The van der Waals surface area contributed by atoms with E-state index in [0.717, 1.165) is 5.69 Å². The van der Waals surface area contributed by atoms with Gasteiger partial charge in [-0.1, -0.05) is 166 Å². The minimum atomic E-state index is -0.119. The van der Waals surface area contributed by atoms with Gasteiger partial charge >= 0.3 is 0 Å². The average Bonchev–Trinajstić information content (AvgIpc) is 3.73. The van der Waals surface area contributed by atoms with Crippen molar-refractivity contribution in [2.24, 2.45) is 0 Å². The van der Waals surface area contributed by atoms with Crippen LogP contribution in [0, 0.1) is 0 Å². The van der Waals surface area contributed by atoms with E-state index in [1.807, 2.05) is 0 Å². The van der Waals surface area contributed by atoms with Gasteiger partial charge in [0.1, 0.15) is 0 Å². The highest BCUT2D eigenvalue weighted by Crippen LogP contribution is 2.51. The molecule has 11 aromatic rings. The van der Waals surface area contributed by atoms with E-state index >= 15 is 0 Å². The summed E-state index contributed by atoms with van der Waals surface area (Å²) in [4.78, 5) is 0. The van der Waals surface area contributed by atoms with Crippen molar-refractivity contribution >= 4 is 54.1 Å². The molecule has 58 heavy (non-hydrogen) atoms. The lowest BCUT2D eigenvalue weighted by atomic mass is 9.82. The van der Waals surface area contributed by atoms with Gasteiger partial charge in [-0.25, -0.2) is 0 Å². The number of hydrogen-bond acceptors (Lipinski definition) is 0. The van der Waals surface area contributed by atoms with Crippen LogP contribution in [0.3, 0.4) is 0 Å². The van der Waals surface area contributed by atoms with Gasteiger partial charge < -0.3 is 4.57 Å². The molecule has 272 valence electrons. The molecule has 0 spiro atoms. The fourth-order valence-electron chi connectivity index (χ4n) is 10.1. The highest BCUT2D eigenvalue weighted by molar-refractivity contribution is 6.26. The van der Waals surface area contributed by atoms with E-state index in [9.17, 15) is 0 Å². The molecule has 0 saturated heterocycles. The summed E-state index contributed by atoms with van der Waals surface area (Å²) in [6, 6.07) is 74.5. The number of rotatable bonds is 4. The van der Waals surface area contributed by atoms with Crippen LogP contribution < -0.4 is 0 Å². The van der Waals surface area contributed by atoms with Crippen molar-refractivity contribution in [3.8, 4) is 50.2 Å². The molecule has 0 bridgehead atoms. The number of aromatic nitrogens is 1. The molecule has 0 amide bonds. The second-order valence-electron chi connectivity index (χ2n) is 16.5. The molecule has 1 aliphatic rings. The van der Waals surface area contributed by atoms with Gasteiger partial charge in [-0.05, 0) is 136 Å². The smallest absolute Gasteiger partial charge is 0.0544 e. The lowest BCUT2D eigenvalue weighted by Crippen LogP contribution is -2.14. The van der Waals surface area contributed by atoms with E-state index in [4.69, 9.17) is 0 Å². The van der Waals surface area contributed by atoms with E-state index in [0.29, 0.717) is 0 Å². The molecule has 0 fully saturated rings. The Morgan fingerprint density at radius 1 is 0.293 bits per heavy atom. The fraction of sp³-hybridized carbons (Fsp3) is 0.0526. The molecule has 12 rings (SSSR count). The summed E-state index contributed by atoms with van der Waals surface area (Å²) in [6.07, 6.45) is 0. The summed E-state index contributed by atoms with van der Waals surface area (Å²) in [5.41, 5.74) is 16.2. The van der Waals surface area contributed by atoms with Crippen LogP contribution in [0.5, 0.6) is 0 Å². The lowest BCUT2D eigenvalue weighted by Gasteiger charge is -2.22. The van der Waals surface area contributed by atoms with Crippen molar-refractivity contribution in [2.75, 3.05) is 0 Å². The molecule has 1 heteroatoms. The second-order valence-corrected chi connectivity index (χ2v) is 16.5. The van der Waals surface area contributed by atoms with Gasteiger partial charge in [-0.3, -0.25) is 0 Å². The first-order valence-electron chi connectivity index (χ1n) is 20.3. The molecule has 0 unspecified atom stereocenters. The Bertz CT molecular complexity index is 3360. The van der Waals surface area contributed by atoms with Crippen LogP contribution in [-0.4, -0.2) is 4.57 Å². The van der Waals surface area contributed by atoms with Crippen LogP contribution in [-0.2, 0) is 5.41 Å². The van der Waals surface area contributed by atoms with Crippen molar-refractivity contribution in [1.82, 2.24) is 4.57 Å². The van der Waals surface area contributed by atoms with Gasteiger partial charge in [0.05, 0.1) is 11.0 Å². The number of hydrogen-bond donors (Lipinski definition) is 0. The van der Waals surface area contributed by atoms with Gasteiger partial charge in [0.25, 0.3) is 0 Å². The molecule has 0 saturated carbocycles. The third kappa shape index (κ3) is 4.83. The molecular formula is C57H39N. The molecule has 0 atom stereocenters. The van der Waals surface area contributed by atoms with Gasteiger partial charge in [0, 0.05) is 21.9 Å². The zero-order valence-corrected chi connectivity index (χ0v) is 32.5. The van der Waals surface area contributed by atoms with E-state index < -0.39 is 0 Å². The van der Waals surface area contributed by atoms with Crippen LogP contribution in [0.2, 0.25) is 0 Å². The van der Waals surface area contributed by atoms with Crippen molar-refractivity contribution in [1.29, 1.82) is 0 Å². The summed E-state index contributed by atoms with van der Waals surface area (Å²) in [5.74, 6) is 0. The van der Waals surface area contributed by atoms with E-state index in [1.54, 1.807) is 0 Å². The Balaban J connectivity index is 1.14. The Morgan fingerprint density at radius 2 is 0.793 bits per heavy atom. The van der Waals surface area contributed by atoms with Crippen LogP contribution in [0.25, 0.3) is 104 Å². The predicted octanol–water partition coefficient (Wildman–Crippen LogP) is 15.6. The maximum absolute atomic E-state index is 2.52. The number of nitrogens with zero attached hydrogens (tertiary/aromatic N) is 1. The second kappa shape index (κ2) is 12.4. The van der Waals surface area contributed by atoms with E-state index in [-0.39, 0.29) is 5.41 Å². The molecule has 0 radical (unpaired) electrons. The zero-order valence-electron chi connectivity index (χ0n) is 32.5. The molecular weight excluding hydrogens is 699 g/mol. The van der Waals surface area contributed by atoms with Gasteiger partial charge in [-0.15, -0.1) is 0 Å². The normalized spacial score (nSPS) is 13.1. The van der Waals surface area contributed by atoms with Crippen molar-refractivity contribution in [3.05, 3.63) is 211 Å². The first kappa shape index (κ1) is 33.0. The molecule has 0 N–H and O–H groups in total. The molecule has 1 aliphatic carbocycles. The summed E-state index contributed by atoms with van der Waals surface area (Å²) >= 11 is 0. The number of benzene rings is 10. The Morgan fingerprint density at radius 3 is 1.43 bits per heavy atom. The largest absolute Gasteiger partial charge is 0.309 e. The molecule has 1 heterocycles. The maximum atomic E-state index is 2.52. The third-order valence-electron chi connectivity index (χ3n) is 12.9. The summed E-state index contributed by atoms with van der Waals surface area (Å²) in [5, 5.41) is 10.3. The molecule has 1 nitrogen and oxygen atoms in total. The highest BCUT2D eigenvalue weighted by atomic mass is 15.0. The monoisotopic (exact) mass is 737 g/mol.